The van der Waals surface area contributed by atoms with Gasteiger partial charge < -0.3 is 15.3 Å². The van der Waals surface area contributed by atoms with E-state index < -0.39 is 0 Å². The quantitative estimate of drug-likeness (QED) is 0.541. The molecule has 7 heteroatoms. The Balaban J connectivity index is 2.00. The highest BCUT2D eigenvalue weighted by Gasteiger charge is 2.17. The predicted octanol–water partition coefficient (Wildman–Crippen LogP) is 3.28. The van der Waals surface area contributed by atoms with Crippen LogP contribution in [0.2, 0.25) is 0 Å². The zero-order valence-corrected chi connectivity index (χ0v) is 17.1. The first-order valence-corrected chi connectivity index (χ1v) is 9.84. The number of benzene rings is 2. The molecule has 3 rings (SSSR count). The summed E-state index contributed by atoms with van der Waals surface area (Å²) in [4.78, 5) is 2.16. The van der Waals surface area contributed by atoms with Crippen LogP contribution in [-0.2, 0) is 6.54 Å². The van der Waals surface area contributed by atoms with Crippen LogP contribution in [0.1, 0.15) is 37.8 Å². The van der Waals surface area contributed by atoms with Crippen LogP contribution < -0.4 is 0 Å². The fourth-order valence-electron chi connectivity index (χ4n) is 3.40. The highest BCUT2D eigenvalue weighted by molar-refractivity contribution is 5.64. The standard InChI is InChI=1S/C22H28N4O3/c1-4-25(8-9-27)14-16-6-5-7-17(10-16)20-13-23-24-26(20)19-11-18(15(2)3)21(28)12-22(19)29/h5-7,10-13,15,27-29H,4,8-9,14H2,1-3H3. The lowest BCUT2D eigenvalue weighted by Gasteiger charge is -2.19. The maximum absolute atomic E-state index is 10.4. The van der Waals surface area contributed by atoms with Crippen molar-refractivity contribution in [2.24, 2.45) is 0 Å². The first kappa shape index (κ1) is 20.8. The Morgan fingerprint density at radius 3 is 2.59 bits per heavy atom. The molecule has 0 fully saturated rings. The van der Waals surface area contributed by atoms with Crippen LogP contribution >= 0.6 is 0 Å². The summed E-state index contributed by atoms with van der Waals surface area (Å²) in [6.07, 6.45) is 1.66. The minimum Gasteiger partial charge on any atom is -0.508 e. The van der Waals surface area contributed by atoms with Gasteiger partial charge in [0, 0.05) is 24.7 Å². The van der Waals surface area contributed by atoms with E-state index in [1.807, 2.05) is 32.0 Å². The first-order valence-electron chi connectivity index (χ1n) is 9.84. The zero-order valence-electron chi connectivity index (χ0n) is 17.1. The van der Waals surface area contributed by atoms with Crippen LogP contribution in [0.15, 0.2) is 42.6 Å². The molecule has 0 saturated carbocycles. The minimum absolute atomic E-state index is 0.0603. The molecule has 29 heavy (non-hydrogen) atoms. The third kappa shape index (κ3) is 4.58. The Morgan fingerprint density at radius 2 is 1.90 bits per heavy atom. The summed E-state index contributed by atoms with van der Waals surface area (Å²) < 4.78 is 1.59. The summed E-state index contributed by atoms with van der Waals surface area (Å²) >= 11 is 0. The molecular formula is C22H28N4O3. The lowest BCUT2D eigenvalue weighted by molar-refractivity contribution is 0.197. The van der Waals surface area contributed by atoms with Gasteiger partial charge in [0.25, 0.3) is 0 Å². The molecule has 154 valence electrons. The molecule has 7 nitrogen and oxygen atoms in total. The van der Waals surface area contributed by atoms with Gasteiger partial charge in [-0.15, -0.1) is 5.10 Å². The molecule has 0 saturated heterocycles. The minimum atomic E-state index is -0.0603. The fraction of sp³-hybridized carbons (Fsp3) is 0.364. The number of aromatic hydroxyl groups is 2. The predicted molar refractivity (Wildman–Crippen MR) is 112 cm³/mol. The Labute approximate surface area is 170 Å². The van der Waals surface area contributed by atoms with Crippen molar-refractivity contribution in [2.45, 2.75) is 33.2 Å². The van der Waals surface area contributed by atoms with Crippen LogP contribution in [0.3, 0.4) is 0 Å². The highest BCUT2D eigenvalue weighted by atomic mass is 16.3. The van der Waals surface area contributed by atoms with Gasteiger partial charge in [-0.2, -0.15) is 0 Å². The van der Waals surface area contributed by atoms with E-state index in [1.165, 1.54) is 6.07 Å². The number of phenols is 2. The molecule has 1 heterocycles. The van der Waals surface area contributed by atoms with Crippen molar-refractivity contribution >= 4 is 0 Å². The van der Waals surface area contributed by atoms with Crippen molar-refractivity contribution in [1.29, 1.82) is 0 Å². The molecule has 0 unspecified atom stereocenters. The topological polar surface area (TPSA) is 94.6 Å². The van der Waals surface area contributed by atoms with Crippen molar-refractivity contribution in [2.75, 3.05) is 19.7 Å². The van der Waals surface area contributed by atoms with E-state index in [9.17, 15) is 15.3 Å². The van der Waals surface area contributed by atoms with Crippen LogP contribution in [0.25, 0.3) is 16.9 Å². The van der Waals surface area contributed by atoms with E-state index in [-0.39, 0.29) is 24.0 Å². The van der Waals surface area contributed by atoms with E-state index in [4.69, 9.17) is 0 Å². The number of aliphatic hydroxyl groups excluding tert-OH is 1. The fourth-order valence-corrected chi connectivity index (χ4v) is 3.40. The Kier molecular flexibility index (Phi) is 6.51. The van der Waals surface area contributed by atoms with Gasteiger partial charge in [0.1, 0.15) is 17.2 Å². The average molecular weight is 396 g/mol. The normalized spacial score (nSPS) is 11.5. The van der Waals surface area contributed by atoms with Crippen LogP contribution in [0.4, 0.5) is 0 Å². The van der Waals surface area contributed by atoms with Crippen molar-refractivity contribution in [3.8, 4) is 28.4 Å². The SMILES string of the molecule is CCN(CCO)Cc1cccc(-c2cnnn2-c2cc(C(C)C)c(O)cc2O)c1. The zero-order chi connectivity index (χ0) is 21.0. The van der Waals surface area contributed by atoms with Crippen molar-refractivity contribution in [1.82, 2.24) is 19.9 Å². The highest BCUT2D eigenvalue weighted by Crippen LogP contribution is 2.35. The molecule has 0 aliphatic carbocycles. The monoisotopic (exact) mass is 396 g/mol. The van der Waals surface area contributed by atoms with Gasteiger partial charge in [0.15, 0.2) is 0 Å². The lowest BCUT2D eigenvalue weighted by Crippen LogP contribution is -2.26. The number of nitrogens with zero attached hydrogens (tertiary/aromatic N) is 4. The van der Waals surface area contributed by atoms with E-state index in [2.05, 4.69) is 28.2 Å². The van der Waals surface area contributed by atoms with E-state index in [0.717, 1.165) is 35.5 Å². The number of rotatable bonds is 8. The summed E-state index contributed by atoms with van der Waals surface area (Å²) in [6, 6.07) is 11.2. The van der Waals surface area contributed by atoms with E-state index in [1.54, 1.807) is 16.9 Å². The maximum atomic E-state index is 10.4. The second kappa shape index (κ2) is 9.07. The third-order valence-corrected chi connectivity index (χ3v) is 5.02. The van der Waals surface area contributed by atoms with Crippen LogP contribution in [0.5, 0.6) is 11.5 Å². The molecule has 1 aromatic heterocycles. The number of aliphatic hydroxyl groups is 1. The number of phenolic OH excluding ortho intramolecular Hbond substituents is 2. The third-order valence-electron chi connectivity index (χ3n) is 5.02. The average Bonchev–Trinajstić information content (AvgIpc) is 3.17. The van der Waals surface area contributed by atoms with E-state index >= 15 is 0 Å². The van der Waals surface area contributed by atoms with Gasteiger partial charge in [-0.1, -0.05) is 44.2 Å². The molecule has 0 bridgehead atoms. The molecule has 3 N–H and O–H groups in total. The van der Waals surface area contributed by atoms with Gasteiger partial charge in [0.05, 0.1) is 18.5 Å². The molecule has 0 amide bonds. The van der Waals surface area contributed by atoms with Gasteiger partial charge in [0.2, 0.25) is 0 Å². The number of hydrogen-bond acceptors (Lipinski definition) is 6. The smallest absolute Gasteiger partial charge is 0.145 e. The largest absolute Gasteiger partial charge is 0.508 e. The Bertz CT molecular complexity index is 968. The molecule has 3 aromatic rings. The second-order valence-electron chi connectivity index (χ2n) is 7.38. The van der Waals surface area contributed by atoms with Crippen molar-refractivity contribution in [3.05, 3.63) is 53.7 Å². The first-order chi connectivity index (χ1) is 13.9. The maximum Gasteiger partial charge on any atom is 0.145 e. The summed E-state index contributed by atoms with van der Waals surface area (Å²) in [5, 5.41) is 38.0. The van der Waals surface area contributed by atoms with Gasteiger partial charge in [-0.05, 0) is 35.7 Å². The van der Waals surface area contributed by atoms with Gasteiger partial charge in [-0.25, -0.2) is 4.68 Å². The molecule has 0 aliphatic rings. The van der Waals surface area contributed by atoms with Gasteiger partial charge in [-0.3, -0.25) is 4.90 Å². The Hall–Kier alpha value is -2.90. The van der Waals surface area contributed by atoms with Crippen LogP contribution in [0, 0.1) is 0 Å². The van der Waals surface area contributed by atoms with Crippen molar-refractivity contribution in [3.63, 3.8) is 0 Å². The molecule has 0 aliphatic heterocycles. The summed E-state index contributed by atoms with van der Waals surface area (Å²) in [6.45, 7) is 8.36. The molecule has 2 aromatic carbocycles. The Morgan fingerprint density at radius 1 is 1.10 bits per heavy atom. The summed E-state index contributed by atoms with van der Waals surface area (Å²) in [5.74, 6) is 0.0968. The summed E-state index contributed by atoms with van der Waals surface area (Å²) in [7, 11) is 0. The molecular weight excluding hydrogens is 368 g/mol. The van der Waals surface area contributed by atoms with Gasteiger partial charge >= 0.3 is 0 Å². The summed E-state index contributed by atoms with van der Waals surface area (Å²) in [5.41, 5.74) is 3.98. The lowest BCUT2D eigenvalue weighted by atomic mass is 10.0. The van der Waals surface area contributed by atoms with E-state index in [0.29, 0.717) is 12.2 Å². The number of aromatic nitrogens is 3. The molecule has 0 atom stereocenters. The molecule has 0 spiro atoms. The number of likely N-dealkylation sites (N-methyl/N-ethyl adjacent to an activating group) is 1. The van der Waals surface area contributed by atoms with Crippen molar-refractivity contribution < 1.29 is 15.3 Å². The number of hydrogen-bond donors (Lipinski definition) is 3. The molecule has 0 radical (unpaired) electrons. The van der Waals surface area contributed by atoms with Crippen LogP contribution in [-0.4, -0.2) is 54.9 Å². The second-order valence-corrected chi connectivity index (χ2v) is 7.38.